The normalized spacial score (nSPS) is 13.3. The van der Waals surface area contributed by atoms with Gasteiger partial charge in [0.05, 0.1) is 6.04 Å². The van der Waals surface area contributed by atoms with E-state index in [0.717, 1.165) is 21.9 Å². The lowest BCUT2D eigenvalue weighted by Gasteiger charge is -2.28. The van der Waals surface area contributed by atoms with Crippen molar-refractivity contribution in [3.05, 3.63) is 19.8 Å². The highest BCUT2D eigenvalue weighted by molar-refractivity contribution is 9.10. The van der Waals surface area contributed by atoms with Gasteiger partial charge in [0.1, 0.15) is 4.34 Å². The van der Waals surface area contributed by atoms with E-state index in [2.05, 4.69) is 40.7 Å². The van der Waals surface area contributed by atoms with Gasteiger partial charge in [-0.1, -0.05) is 31.9 Å². The Balaban J connectivity index is 2.80. The first-order valence-electron chi connectivity index (χ1n) is 6.02. The number of likely N-dealkylation sites (N-methyl/N-ethyl adjacent to an activating group) is 1. The summed E-state index contributed by atoms with van der Waals surface area (Å²) < 4.78 is 1.79. The molecule has 5 heteroatoms. The van der Waals surface area contributed by atoms with Crippen molar-refractivity contribution < 1.29 is 0 Å². The molecule has 2 nitrogen and oxygen atoms in total. The van der Waals surface area contributed by atoms with Crippen LogP contribution in [0.15, 0.2) is 10.5 Å². The van der Waals surface area contributed by atoms with Crippen LogP contribution in [-0.4, -0.2) is 24.5 Å². The van der Waals surface area contributed by atoms with E-state index in [9.17, 15) is 0 Å². The Morgan fingerprint density at radius 1 is 1.53 bits per heavy atom. The lowest BCUT2D eigenvalue weighted by atomic mass is 10.2. The predicted molar refractivity (Wildman–Crippen MR) is 81.0 cm³/mol. The Morgan fingerprint density at radius 3 is 2.65 bits per heavy atom. The van der Waals surface area contributed by atoms with Crippen LogP contribution in [0.2, 0.25) is 4.34 Å². The van der Waals surface area contributed by atoms with E-state index >= 15 is 0 Å². The van der Waals surface area contributed by atoms with Crippen molar-refractivity contribution in [3.63, 3.8) is 0 Å². The van der Waals surface area contributed by atoms with Gasteiger partial charge in [0.15, 0.2) is 0 Å². The largest absolute Gasteiger partial charge is 0.329 e. The molecule has 98 valence electrons. The lowest BCUT2D eigenvalue weighted by molar-refractivity contribution is 0.212. The Morgan fingerprint density at radius 2 is 2.24 bits per heavy atom. The molecule has 0 radical (unpaired) electrons. The number of hydrogen-bond donors (Lipinski definition) is 1. The van der Waals surface area contributed by atoms with E-state index in [1.165, 1.54) is 17.7 Å². The molecular formula is C12H20BrClN2S. The van der Waals surface area contributed by atoms with Crippen LogP contribution in [0.3, 0.4) is 0 Å². The Bertz CT molecular complexity index is 324. The van der Waals surface area contributed by atoms with Crippen LogP contribution < -0.4 is 5.73 Å². The summed E-state index contributed by atoms with van der Waals surface area (Å²) in [5.41, 5.74) is 5.92. The van der Waals surface area contributed by atoms with Gasteiger partial charge in [0.2, 0.25) is 0 Å². The third kappa shape index (κ3) is 4.21. The number of hydrogen-bond acceptors (Lipinski definition) is 3. The SMILES string of the molecule is CCCCN(CC)C(CN)c1cc(Br)c(Cl)s1. The Hall–Kier alpha value is 0.390. The van der Waals surface area contributed by atoms with Crippen molar-refractivity contribution >= 4 is 38.9 Å². The average Bonchev–Trinajstić information content (AvgIpc) is 2.64. The van der Waals surface area contributed by atoms with Crippen LogP contribution in [0.5, 0.6) is 0 Å². The molecule has 0 aromatic carbocycles. The second-order valence-electron chi connectivity index (χ2n) is 4.00. The highest BCUT2D eigenvalue weighted by Crippen LogP contribution is 2.36. The van der Waals surface area contributed by atoms with E-state index in [0.29, 0.717) is 12.6 Å². The monoisotopic (exact) mass is 338 g/mol. The number of nitrogens with two attached hydrogens (primary N) is 1. The first-order chi connectivity index (χ1) is 8.13. The summed E-state index contributed by atoms with van der Waals surface area (Å²) in [6, 6.07) is 2.39. The van der Waals surface area contributed by atoms with Crippen molar-refractivity contribution in [2.45, 2.75) is 32.7 Å². The summed E-state index contributed by atoms with van der Waals surface area (Å²) >= 11 is 11.2. The van der Waals surface area contributed by atoms with Crippen LogP contribution in [0.25, 0.3) is 0 Å². The Kier molecular flexibility index (Phi) is 7.04. The number of unbranched alkanes of at least 4 members (excludes halogenated alkanes) is 1. The quantitative estimate of drug-likeness (QED) is 0.803. The minimum atomic E-state index is 0.292. The highest BCUT2D eigenvalue weighted by atomic mass is 79.9. The van der Waals surface area contributed by atoms with E-state index in [4.69, 9.17) is 17.3 Å². The van der Waals surface area contributed by atoms with Crippen LogP contribution in [-0.2, 0) is 0 Å². The molecule has 0 aliphatic rings. The third-order valence-corrected chi connectivity index (χ3v) is 5.44. The summed E-state index contributed by atoms with van der Waals surface area (Å²) in [6.07, 6.45) is 2.42. The molecular weight excluding hydrogens is 320 g/mol. The number of thiophene rings is 1. The summed E-state index contributed by atoms with van der Waals surface area (Å²) in [5.74, 6) is 0. The summed E-state index contributed by atoms with van der Waals surface area (Å²) in [5, 5.41) is 0. The first-order valence-corrected chi connectivity index (χ1v) is 8.01. The van der Waals surface area contributed by atoms with Crippen molar-refractivity contribution in [2.75, 3.05) is 19.6 Å². The number of rotatable bonds is 7. The molecule has 17 heavy (non-hydrogen) atoms. The predicted octanol–water partition coefficient (Wildman–Crippen LogP) is 4.29. The fraction of sp³-hybridized carbons (Fsp3) is 0.667. The molecule has 0 saturated carbocycles. The second-order valence-corrected chi connectivity index (χ2v) is 6.54. The maximum absolute atomic E-state index is 6.09. The highest BCUT2D eigenvalue weighted by Gasteiger charge is 2.20. The summed E-state index contributed by atoms with van der Waals surface area (Å²) in [7, 11) is 0. The lowest BCUT2D eigenvalue weighted by Crippen LogP contribution is -2.33. The summed E-state index contributed by atoms with van der Waals surface area (Å²) in [4.78, 5) is 3.68. The molecule has 1 atom stereocenters. The topological polar surface area (TPSA) is 29.3 Å². The van der Waals surface area contributed by atoms with E-state index < -0.39 is 0 Å². The minimum Gasteiger partial charge on any atom is -0.329 e. The molecule has 2 N–H and O–H groups in total. The van der Waals surface area contributed by atoms with Gasteiger partial charge >= 0.3 is 0 Å². The molecule has 0 aliphatic carbocycles. The van der Waals surface area contributed by atoms with Crippen LogP contribution >= 0.6 is 38.9 Å². The third-order valence-electron chi connectivity index (χ3n) is 2.86. The molecule has 0 saturated heterocycles. The van der Waals surface area contributed by atoms with Gasteiger partial charge in [-0.15, -0.1) is 11.3 Å². The van der Waals surface area contributed by atoms with Gasteiger partial charge in [0.25, 0.3) is 0 Å². The first kappa shape index (κ1) is 15.4. The van der Waals surface area contributed by atoms with Gasteiger partial charge in [-0.25, -0.2) is 0 Å². The fourth-order valence-corrected chi connectivity index (χ4v) is 3.75. The summed E-state index contributed by atoms with van der Waals surface area (Å²) in [6.45, 7) is 7.16. The Labute approximate surface area is 121 Å². The van der Waals surface area contributed by atoms with Crippen LogP contribution in [0.1, 0.15) is 37.6 Å². The zero-order chi connectivity index (χ0) is 12.8. The van der Waals surface area contributed by atoms with E-state index in [1.807, 2.05) is 0 Å². The molecule has 1 aromatic heterocycles. The van der Waals surface area contributed by atoms with Gasteiger partial charge in [-0.05, 0) is 41.5 Å². The molecule has 0 aliphatic heterocycles. The molecule has 1 unspecified atom stereocenters. The van der Waals surface area contributed by atoms with Gasteiger partial charge < -0.3 is 5.73 Å². The second kappa shape index (κ2) is 7.74. The molecule has 1 rings (SSSR count). The van der Waals surface area contributed by atoms with Crippen molar-refractivity contribution in [1.29, 1.82) is 0 Å². The standard InChI is InChI=1S/C12H20BrClN2S/c1-3-5-6-16(4-2)10(8-15)11-7-9(13)12(14)17-11/h7,10H,3-6,8,15H2,1-2H3. The minimum absolute atomic E-state index is 0.292. The van der Waals surface area contributed by atoms with E-state index in [-0.39, 0.29) is 0 Å². The molecule has 0 amide bonds. The smallest absolute Gasteiger partial charge is 0.107 e. The zero-order valence-electron chi connectivity index (χ0n) is 10.4. The molecule has 0 fully saturated rings. The molecule has 1 heterocycles. The van der Waals surface area contributed by atoms with Gasteiger partial charge in [0, 0.05) is 15.9 Å². The molecule has 0 bridgehead atoms. The van der Waals surface area contributed by atoms with Crippen molar-refractivity contribution in [1.82, 2.24) is 4.90 Å². The van der Waals surface area contributed by atoms with E-state index in [1.54, 1.807) is 11.3 Å². The van der Waals surface area contributed by atoms with Gasteiger partial charge in [-0.2, -0.15) is 0 Å². The van der Waals surface area contributed by atoms with Crippen LogP contribution in [0.4, 0.5) is 0 Å². The van der Waals surface area contributed by atoms with Crippen molar-refractivity contribution in [3.8, 4) is 0 Å². The number of halogens is 2. The molecule has 1 aromatic rings. The number of nitrogens with zero attached hydrogens (tertiary/aromatic N) is 1. The van der Waals surface area contributed by atoms with Crippen LogP contribution in [0, 0.1) is 0 Å². The van der Waals surface area contributed by atoms with Crippen molar-refractivity contribution in [2.24, 2.45) is 5.73 Å². The average molecular weight is 340 g/mol. The maximum Gasteiger partial charge on any atom is 0.107 e. The molecule has 0 spiro atoms. The zero-order valence-corrected chi connectivity index (χ0v) is 13.5. The van der Waals surface area contributed by atoms with Gasteiger partial charge in [-0.3, -0.25) is 4.90 Å². The fourth-order valence-electron chi connectivity index (χ4n) is 1.87. The maximum atomic E-state index is 6.09.